The minimum atomic E-state index is -0.115. The molecular formula is C16H21N3OS. The number of anilines is 1. The van der Waals surface area contributed by atoms with E-state index in [1.165, 1.54) is 5.56 Å². The van der Waals surface area contributed by atoms with E-state index >= 15 is 0 Å². The van der Waals surface area contributed by atoms with E-state index in [0.29, 0.717) is 6.54 Å². The van der Waals surface area contributed by atoms with Gasteiger partial charge in [-0.15, -0.1) is 11.3 Å². The molecule has 2 amide bonds. The molecule has 2 rings (SSSR count). The molecule has 1 heterocycles. The van der Waals surface area contributed by atoms with E-state index in [0.717, 1.165) is 27.5 Å². The molecule has 0 saturated heterocycles. The lowest BCUT2D eigenvalue weighted by atomic mass is 10.1. The minimum absolute atomic E-state index is 0.115. The highest BCUT2D eigenvalue weighted by Crippen LogP contribution is 2.22. The van der Waals surface area contributed by atoms with Crippen LogP contribution in [0.3, 0.4) is 0 Å². The number of urea groups is 1. The summed E-state index contributed by atoms with van der Waals surface area (Å²) in [5.74, 6) is 0. The highest BCUT2D eigenvalue weighted by Gasteiger charge is 2.13. The maximum atomic E-state index is 12.3. The summed E-state index contributed by atoms with van der Waals surface area (Å²) in [6.07, 6.45) is 0. The van der Waals surface area contributed by atoms with Crippen LogP contribution in [0.1, 0.15) is 27.4 Å². The predicted molar refractivity (Wildman–Crippen MR) is 88.0 cm³/mol. The van der Waals surface area contributed by atoms with Gasteiger partial charge >= 0.3 is 6.03 Å². The van der Waals surface area contributed by atoms with Crippen molar-refractivity contribution >= 4 is 23.1 Å². The van der Waals surface area contributed by atoms with Crippen LogP contribution in [-0.2, 0) is 6.54 Å². The second-order valence-electron chi connectivity index (χ2n) is 5.42. The largest absolute Gasteiger partial charge is 0.322 e. The second kappa shape index (κ2) is 6.26. The van der Waals surface area contributed by atoms with Gasteiger partial charge in [0.15, 0.2) is 0 Å². The molecule has 0 unspecified atom stereocenters. The van der Waals surface area contributed by atoms with Gasteiger partial charge in [0, 0.05) is 18.1 Å². The first-order valence-electron chi connectivity index (χ1n) is 6.88. The van der Waals surface area contributed by atoms with Crippen molar-refractivity contribution in [1.82, 2.24) is 9.88 Å². The van der Waals surface area contributed by atoms with E-state index in [1.807, 2.05) is 26.2 Å². The van der Waals surface area contributed by atoms with Crippen LogP contribution in [0.5, 0.6) is 0 Å². The Balaban J connectivity index is 2.07. The van der Waals surface area contributed by atoms with Crippen LogP contribution in [0.4, 0.5) is 10.5 Å². The zero-order valence-corrected chi connectivity index (χ0v) is 14.0. The van der Waals surface area contributed by atoms with Gasteiger partial charge in [-0.2, -0.15) is 0 Å². The van der Waals surface area contributed by atoms with Crippen molar-refractivity contribution in [1.29, 1.82) is 0 Å². The standard InChI is InChI=1S/C16H21N3OS/c1-10-6-11(2)15(12(3)7-10)18-16(20)19(5)8-14-9-21-13(4)17-14/h6-7,9H,8H2,1-5H3,(H,18,20). The van der Waals surface area contributed by atoms with Crippen molar-refractivity contribution in [2.45, 2.75) is 34.2 Å². The van der Waals surface area contributed by atoms with E-state index < -0.39 is 0 Å². The summed E-state index contributed by atoms with van der Waals surface area (Å²) in [6.45, 7) is 8.56. The highest BCUT2D eigenvalue weighted by atomic mass is 32.1. The summed E-state index contributed by atoms with van der Waals surface area (Å²) in [5, 5.41) is 6.00. The topological polar surface area (TPSA) is 45.2 Å². The first kappa shape index (κ1) is 15.5. The smallest absolute Gasteiger partial charge is 0.321 e. The molecule has 0 saturated carbocycles. The molecule has 112 valence electrons. The molecule has 0 aliphatic rings. The fraction of sp³-hybridized carbons (Fsp3) is 0.375. The average Bonchev–Trinajstić information content (AvgIpc) is 2.78. The highest BCUT2D eigenvalue weighted by molar-refractivity contribution is 7.09. The van der Waals surface area contributed by atoms with Gasteiger partial charge in [0.25, 0.3) is 0 Å². The van der Waals surface area contributed by atoms with E-state index in [9.17, 15) is 4.79 Å². The lowest BCUT2D eigenvalue weighted by molar-refractivity contribution is 0.220. The molecule has 2 aromatic rings. The van der Waals surface area contributed by atoms with Crippen LogP contribution in [0, 0.1) is 27.7 Å². The number of aryl methyl sites for hydroxylation is 4. The van der Waals surface area contributed by atoms with Crippen molar-refractivity contribution < 1.29 is 4.79 Å². The Morgan fingerprint density at radius 1 is 1.24 bits per heavy atom. The summed E-state index contributed by atoms with van der Waals surface area (Å²) in [4.78, 5) is 18.3. The van der Waals surface area contributed by atoms with Crippen LogP contribution in [0.25, 0.3) is 0 Å². The maximum absolute atomic E-state index is 12.3. The number of nitrogens with zero attached hydrogens (tertiary/aromatic N) is 2. The molecule has 21 heavy (non-hydrogen) atoms. The maximum Gasteiger partial charge on any atom is 0.321 e. The SMILES string of the molecule is Cc1cc(C)c(NC(=O)N(C)Cc2csc(C)n2)c(C)c1. The van der Waals surface area contributed by atoms with Crippen molar-refractivity contribution in [2.75, 3.05) is 12.4 Å². The quantitative estimate of drug-likeness (QED) is 0.930. The number of carbonyl (C=O) groups excluding carboxylic acids is 1. The van der Waals surface area contributed by atoms with Crippen LogP contribution >= 0.6 is 11.3 Å². The lowest BCUT2D eigenvalue weighted by Crippen LogP contribution is -2.31. The van der Waals surface area contributed by atoms with Gasteiger partial charge < -0.3 is 10.2 Å². The van der Waals surface area contributed by atoms with Crippen LogP contribution < -0.4 is 5.32 Å². The molecule has 5 heteroatoms. The van der Waals surface area contributed by atoms with Gasteiger partial charge in [-0.25, -0.2) is 9.78 Å². The van der Waals surface area contributed by atoms with Gasteiger partial charge in [0.1, 0.15) is 0 Å². The number of thiazole rings is 1. The number of nitrogens with one attached hydrogen (secondary N) is 1. The van der Waals surface area contributed by atoms with E-state index in [4.69, 9.17) is 0 Å². The normalized spacial score (nSPS) is 10.5. The van der Waals surface area contributed by atoms with Crippen molar-refractivity contribution in [3.05, 3.63) is 44.9 Å². The number of benzene rings is 1. The van der Waals surface area contributed by atoms with Gasteiger partial charge in [-0.3, -0.25) is 0 Å². The number of aromatic nitrogens is 1. The van der Waals surface area contributed by atoms with Crippen molar-refractivity contribution in [3.8, 4) is 0 Å². The summed E-state index contributed by atoms with van der Waals surface area (Å²) >= 11 is 1.60. The zero-order chi connectivity index (χ0) is 15.6. The van der Waals surface area contributed by atoms with E-state index in [-0.39, 0.29) is 6.03 Å². The lowest BCUT2D eigenvalue weighted by Gasteiger charge is -2.19. The number of rotatable bonds is 3. The summed E-state index contributed by atoms with van der Waals surface area (Å²) in [7, 11) is 1.78. The molecular weight excluding hydrogens is 282 g/mol. The van der Waals surface area contributed by atoms with Crippen molar-refractivity contribution in [2.24, 2.45) is 0 Å². The van der Waals surface area contributed by atoms with E-state index in [2.05, 4.69) is 29.4 Å². The molecule has 4 nitrogen and oxygen atoms in total. The molecule has 0 fully saturated rings. The minimum Gasteiger partial charge on any atom is -0.322 e. The molecule has 0 spiro atoms. The van der Waals surface area contributed by atoms with E-state index in [1.54, 1.807) is 23.3 Å². The number of carbonyl (C=O) groups is 1. The Labute approximate surface area is 129 Å². The number of amides is 2. The Kier molecular flexibility index (Phi) is 4.63. The Bertz CT molecular complexity index is 640. The van der Waals surface area contributed by atoms with Crippen molar-refractivity contribution in [3.63, 3.8) is 0 Å². The third kappa shape index (κ3) is 3.82. The summed E-state index contributed by atoms with van der Waals surface area (Å²) in [5.41, 5.74) is 5.19. The van der Waals surface area contributed by atoms with Gasteiger partial charge in [-0.1, -0.05) is 17.7 Å². The fourth-order valence-electron chi connectivity index (χ4n) is 2.38. The molecule has 1 aromatic carbocycles. The zero-order valence-electron chi connectivity index (χ0n) is 13.2. The molecule has 0 atom stereocenters. The molecule has 0 aliphatic heterocycles. The Hall–Kier alpha value is -1.88. The summed E-state index contributed by atoms with van der Waals surface area (Å²) in [6, 6.07) is 4.04. The molecule has 0 aliphatic carbocycles. The molecule has 0 radical (unpaired) electrons. The Morgan fingerprint density at radius 2 is 1.86 bits per heavy atom. The number of hydrogen-bond donors (Lipinski definition) is 1. The second-order valence-corrected chi connectivity index (χ2v) is 6.48. The molecule has 0 bridgehead atoms. The predicted octanol–water partition coefficient (Wildman–Crippen LogP) is 4.04. The molecule has 1 N–H and O–H groups in total. The fourth-order valence-corrected chi connectivity index (χ4v) is 2.98. The monoisotopic (exact) mass is 303 g/mol. The van der Waals surface area contributed by atoms with Gasteiger partial charge in [0.05, 0.1) is 17.2 Å². The van der Waals surface area contributed by atoms with Crippen LogP contribution in [0.15, 0.2) is 17.5 Å². The first-order valence-corrected chi connectivity index (χ1v) is 7.75. The van der Waals surface area contributed by atoms with Crippen LogP contribution in [-0.4, -0.2) is 23.0 Å². The van der Waals surface area contributed by atoms with Gasteiger partial charge in [0.2, 0.25) is 0 Å². The Morgan fingerprint density at radius 3 is 2.38 bits per heavy atom. The third-order valence-electron chi connectivity index (χ3n) is 3.32. The number of hydrogen-bond acceptors (Lipinski definition) is 3. The molecule has 1 aromatic heterocycles. The first-order chi connectivity index (χ1) is 9.86. The average molecular weight is 303 g/mol. The third-order valence-corrected chi connectivity index (χ3v) is 4.14. The van der Waals surface area contributed by atoms with Crippen LogP contribution in [0.2, 0.25) is 0 Å². The summed E-state index contributed by atoms with van der Waals surface area (Å²) < 4.78 is 0. The van der Waals surface area contributed by atoms with Gasteiger partial charge in [-0.05, 0) is 38.8 Å².